The summed E-state index contributed by atoms with van der Waals surface area (Å²) in [6.07, 6.45) is 3.14. The lowest BCUT2D eigenvalue weighted by Crippen LogP contribution is -2.04. The van der Waals surface area contributed by atoms with Gasteiger partial charge in [0.2, 0.25) is 5.75 Å². The maximum absolute atomic E-state index is 11.2. The molecule has 0 spiro atoms. The molecule has 9 heteroatoms. The van der Waals surface area contributed by atoms with E-state index < -0.39 is 4.92 Å². The standard InChI is InChI=1S/C13H18N4O4S/c1-4-20-11-7-9(8-15-16-13(14)22-3)6-10(17(18)19)12(11)21-5-2/h6-8H,4-5H2,1-3H3,(H2,14,16)/b15-8-. The van der Waals surface area contributed by atoms with Gasteiger partial charge in [0, 0.05) is 11.6 Å². The van der Waals surface area contributed by atoms with Crippen molar-refractivity contribution in [2.75, 3.05) is 19.5 Å². The van der Waals surface area contributed by atoms with Crippen molar-refractivity contribution in [3.05, 3.63) is 27.8 Å². The van der Waals surface area contributed by atoms with Gasteiger partial charge in [-0.25, -0.2) is 0 Å². The molecule has 0 aromatic heterocycles. The monoisotopic (exact) mass is 326 g/mol. The van der Waals surface area contributed by atoms with Crippen molar-refractivity contribution in [2.24, 2.45) is 15.9 Å². The zero-order valence-corrected chi connectivity index (χ0v) is 13.4. The lowest BCUT2D eigenvalue weighted by molar-refractivity contribution is -0.385. The molecule has 0 aliphatic rings. The third-order valence-electron chi connectivity index (χ3n) is 2.42. The number of hydrogen-bond acceptors (Lipinski definition) is 7. The topological polar surface area (TPSA) is 112 Å². The zero-order valence-electron chi connectivity index (χ0n) is 12.6. The number of amidine groups is 1. The van der Waals surface area contributed by atoms with E-state index in [0.29, 0.717) is 29.7 Å². The van der Waals surface area contributed by atoms with Crippen molar-refractivity contribution in [1.82, 2.24) is 0 Å². The molecule has 0 unspecified atom stereocenters. The Hall–Kier alpha value is -2.29. The molecule has 8 nitrogen and oxygen atoms in total. The summed E-state index contributed by atoms with van der Waals surface area (Å²) in [5.74, 6) is 0.403. The quantitative estimate of drug-likeness (QED) is 0.356. The minimum atomic E-state index is -0.523. The second-order valence-corrected chi connectivity index (χ2v) is 4.70. The molecule has 0 bridgehead atoms. The van der Waals surface area contributed by atoms with E-state index in [9.17, 15) is 10.1 Å². The Morgan fingerprint density at radius 1 is 1.41 bits per heavy atom. The van der Waals surface area contributed by atoms with Gasteiger partial charge in [0.1, 0.15) is 0 Å². The molecule has 0 aliphatic carbocycles. The summed E-state index contributed by atoms with van der Waals surface area (Å²) >= 11 is 1.25. The van der Waals surface area contributed by atoms with Crippen LogP contribution in [-0.4, -0.2) is 35.8 Å². The van der Waals surface area contributed by atoms with Crippen LogP contribution in [0.1, 0.15) is 19.4 Å². The number of hydrogen-bond donors (Lipinski definition) is 1. The highest BCUT2D eigenvalue weighted by Crippen LogP contribution is 2.38. The van der Waals surface area contributed by atoms with E-state index >= 15 is 0 Å². The van der Waals surface area contributed by atoms with Gasteiger partial charge in [0.05, 0.1) is 24.4 Å². The number of benzene rings is 1. The molecule has 22 heavy (non-hydrogen) atoms. The SMILES string of the molecule is CCOc1cc(/C=N\N=C(/N)SC)cc([N+](=O)[O-])c1OCC. The third-order valence-corrected chi connectivity index (χ3v) is 2.91. The summed E-state index contributed by atoms with van der Waals surface area (Å²) in [6, 6.07) is 2.96. The predicted molar refractivity (Wildman–Crippen MR) is 88.2 cm³/mol. The molecular formula is C13H18N4O4S. The van der Waals surface area contributed by atoms with Crippen LogP contribution in [0.3, 0.4) is 0 Å². The summed E-state index contributed by atoms with van der Waals surface area (Å²) in [4.78, 5) is 10.7. The van der Waals surface area contributed by atoms with Crippen LogP contribution in [0.4, 0.5) is 5.69 Å². The van der Waals surface area contributed by atoms with Crippen molar-refractivity contribution in [1.29, 1.82) is 0 Å². The van der Waals surface area contributed by atoms with Crippen LogP contribution in [0.2, 0.25) is 0 Å². The number of thioether (sulfide) groups is 1. The van der Waals surface area contributed by atoms with E-state index in [1.807, 2.05) is 0 Å². The van der Waals surface area contributed by atoms with Crippen molar-refractivity contribution < 1.29 is 14.4 Å². The minimum absolute atomic E-state index is 0.110. The molecule has 2 N–H and O–H groups in total. The van der Waals surface area contributed by atoms with Crippen molar-refractivity contribution in [3.8, 4) is 11.5 Å². The van der Waals surface area contributed by atoms with Gasteiger partial charge in [0.25, 0.3) is 0 Å². The van der Waals surface area contributed by atoms with Gasteiger partial charge < -0.3 is 15.2 Å². The summed E-state index contributed by atoms with van der Waals surface area (Å²) < 4.78 is 10.7. The molecule has 0 atom stereocenters. The molecular weight excluding hydrogens is 308 g/mol. The van der Waals surface area contributed by atoms with E-state index in [1.54, 1.807) is 26.2 Å². The molecule has 1 rings (SSSR count). The predicted octanol–water partition coefficient (Wildman–Crippen LogP) is 2.40. The first kappa shape index (κ1) is 17.8. The number of nitrogens with two attached hydrogens (primary N) is 1. The van der Waals surface area contributed by atoms with Gasteiger partial charge in [-0.05, 0) is 26.2 Å². The van der Waals surface area contributed by atoms with Crippen LogP contribution in [0, 0.1) is 10.1 Å². The van der Waals surface area contributed by atoms with Crippen molar-refractivity contribution in [2.45, 2.75) is 13.8 Å². The summed E-state index contributed by atoms with van der Waals surface area (Å²) in [5.41, 5.74) is 5.79. The molecule has 0 aliphatic heterocycles. The average Bonchev–Trinajstić information content (AvgIpc) is 2.49. The normalized spacial score (nSPS) is 11.7. The van der Waals surface area contributed by atoms with Gasteiger partial charge in [0.15, 0.2) is 10.9 Å². The molecule has 0 saturated heterocycles. The largest absolute Gasteiger partial charge is 0.490 e. The van der Waals surface area contributed by atoms with Crippen molar-refractivity contribution in [3.63, 3.8) is 0 Å². The highest BCUT2D eigenvalue weighted by molar-refractivity contribution is 8.13. The van der Waals surface area contributed by atoms with E-state index in [-0.39, 0.29) is 11.4 Å². The Morgan fingerprint density at radius 2 is 2.09 bits per heavy atom. The molecule has 0 amide bonds. The number of nitro benzene ring substituents is 1. The minimum Gasteiger partial charge on any atom is -0.490 e. The molecule has 0 saturated carbocycles. The van der Waals surface area contributed by atoms with E-state index in [4.69, 9.17) is 15.2 Å². The van der Waals surface area contributed by atoms with Gasteiger partial charge in [-0.1, -0.05) is 11.8 Å². The van der Waals surface area contributed by atoms with Crippen LogP contribution in [0.15, 0.2) is 22.3 Å². The van der Waals surface area contributed by atoms with Crippen LogP contribution in [0.5, 0.6) is 11.5 Å². The van der Waals surface area contributed by atoms with Crippen molar-refractivity contribution >= 4 is 28.8 Å². The lowest BCUT2D eigenvalue weighted by Gasteiger charge is -2.11. The molecule has 1 aromatic rings. The fourth-order valence-corrected chi connectivity index (χ4v) is 1.69. The van der Waals surface area contributed by atoms with Crippen LogP contribution < -0.4 is 15.2 Å². The smallest absolute Gasteiger partial charge is 0.315 e. The first-order chi connectivity index (χ1) is 10.5. The van der Waals surface area contributed by atoms with Crippen LogP contribution in [0.25, 0.3) is 0 Å². The van der Waals surface area contributed by atoms with Gasteiger partial charge >= 0.3 is 5.69 Å². The molecule has 0 heterocycles. The van der Waals surface area contributed by atoms with E-state index in [2.05, 4.69) is 10.2 Å². The Kier molecular flexibility index (Phi) is 7.17. The van der Waals surface area contributed by atoms with E-state index in [1.165, 1.54) is 24.0 Å². The summed E-state index contributed by atoms with van der Waals surface area (Å²) in [5, 5.41) is 19.0. The van der Waals surface area contributed by atoms with Gasteiger partial charge in [-0.3, -0.25) is 10.1 Å². The zero-order chi connectivity index (χ0) is 16.5. The number of nitrogens with zero attached hydrogens (tertiary/aromatic N) is 3. The summed E-state index contributed by atoms with van der Waals surface area (Å²) in [7, 11) is 0. The fourth-order valence-electron chi connectivity index (χ4n) is 1.56. The number of rotatable bonds is 7. The first-order valence-electron chi connectivity index (χ1n) is 6.51. The average molecular weight is 326 g/mol. The lowest BCUT2D eigenvalue weighted by atomic mass is 10.2. The summed E-state index contributed by atoms with van der Waals surface area (Å²) in [6.45, 7) is 4.18. The molecule has 1 aromatic carbocycles. The molecule has 120 valence electrons. The second kappa shape index (κ2) is 8.88. The van der Waals surface area contributed by atoms with Gasteiger partial charge in [-0.2, -0.15) is 5.10 Å². The third kappa shape index (κ3) is 4.92. The number of nitro groups is 1. The fraction of sp³-hybridized carbons (Fsp3) is 0.385. The van der Waals surface area contributed by atoms with Crippen LogP contribution in [-0.2, 0) is 0 Å². The van der Waals surface area contributed by atoms with E-state index in [0.717, 1.165) is 0 Å². The molecule has 0 fully saturated rings. The van der Waals surface area contributed by atoms with Gasteiger partial charge in [-0.15, -0.1) is 5.10 Å². The molecule has 0 radical (unpaired) electrons. The maximum atomic E-state index is 11.2. The Labute approximate surface area is 132 Å². The second-order valence-electron chi connectivity index (χ2n) is 3.88. The Bertz CT molecular complexity index is 590. The first-order valence-corrected chi connectivity index (χ1v) is 7.74. The number of ether oxygens (including phenoxy) is 2. The van der Waals surface area contributed by atoms with Crippen LogP contribution >= 0.6 is 11.8 Å². The Balaban J connectivity index is 3.27. The highest BCUT2D eigenvalue weighted by atomic mass is 32.2. The highest BCUT2D eigenvalue weighted by Gasteiger charge is 2.22. The Morgan fingerprint density at radius 3 is 2.64 bits per heavy atom. The maximum Gasteiger partial charge on any atom is 0.315 e.